The van der Waals surface area contributed by atoms with Crippen LogP contribution in [0.5, 0.6) is 0 Å². The first-order valence-electron chi connectivity index (χ1n) is 9.95. The number of rotatable bonds is 5. The van der Waals surface area contributed by atoms with E-state index in [0.717, 1.165) is 23.8 Å². The number of ketones is 1. The number of benzene rings is 2. The molecule has 0 radical (unpaired) electrons. The summed E-state index contributed by atoms with van der Waals surface area (Å²) in [6.07, 6.45) is 1.12. The molecular formula is C22H21ClF2N4OS. The molecule has 0 saturated carbocycles. The van der Waals surface area contributed by atoms with Crippen molar-refractivity contribution >= 4 is 29.6 Å². The van der Waals surface area contributed by atoms with E-state index < -0.39 is 11.6 Å². The second-order valence-corrected chi connectivity index (χ2v) is 8.44. The lowest BCUT2D eigenvalue weighted by Gasteiger charge is -2.31. The topological polar surface area (TPSA) is 43.1 Å². The SMILES string of the molecule is Cn1c(-c2ccccc2Cl)nn(CN2CCC(C(=O)c3cc(F)ccc3F)CC2)c1=S. The molecule has 162 valence electrons. The van der Waals surface area contributed by atoms with Gasteiger partial charge in [0.15, 0.2) is 16.4 Å². The molecule has 9 heteroatoms. The van der Waals surface area contributed by atoms with Crippen molar-refractivity contribution < 1.29 is 13.6 Å². The lowest BCUT2D eigenvalue weighted by molar-refractivity contribution is 0.0799. The van der Waals surface area contributed by atoms with Crippen molar-refractivity contribution in [1.82, 2.24) is 19.2 Å². The first kappa shape index (κ1) is 21.8. The maximum atomic E-state index is 14.0. The standard InChI is InChI=1S/C22H21ClF2N4OS/c1-27-21(16-4-2-3-5-18(16)23)26-29(22(27)31)13-28-10-8-14(9-11-28)20(30)17-12-15(24)6-7-19(17)25/h2-7,12,14H,8-11,13H2,1H3. The summed E-state index contributed by atoms with van der Waals surface area (Å²) in [4.78, 5) is 14.8. The quantitative estimate of drug-likeness (QED) is 0.390. The van der Waals surface area contributed by atoms with E-state index in [1.54, 1.807) is 4.68 Å². The Labute approximate surface area is 188 Å². The van der Waals surface area contributed by atoms with E-state index in [1.165, 1.54) is 0 Å². The first-order chi connectivity index (χ1) is 14.8. The van der Waals surface area contributed by atoms with Gasteiger partial charge in [0.1, 0.15) is 11.6 Å². The average molecular weight is 463 g/mol. The van der Waals surface area contributed by atoms with E-state index in [9.17, 15) is 13.6 Å². The van der Waals surface area contributed by atoms with Gasteiger partial charge in [0, 0.05) is 31.6 Å². The molecule has 1 aliphatic rings. The molecule has 31 heavy (non-hydrogen) atoms. The van der Waals surface area contributed by atoms with Crippen molar-refractivity contribution in [2.45, 2.75) is 19.5 Å². The van der Waals surface area contributed by atoms with Gasteiger partial charge in [0.2, 0.25) is 0 Å². The number of nitrogens with zero attached hydrogens (tertiary/aromatic N) is 4. The zero-order valence-electron chi connectivity index (χ0n) is 16.9. The monoisotopic (exact) mass is 462 g/mol. The summed E-state index contributed by atoms with van der Waals surface area (Å²) in [6, 6.07) is 10.5. The Hall–Kier alpha value is -2.42. The summed E-state index contributed by atoms with van der Waals surface area (Å²) < 4.78 is 31.5. The van der Waals surface area contributed by atoms with E-state index in [-0.39, 0.29) is 17.3 Å². The van der Waals surface area contributed by atoms with Gasteiger partial charge in [0.05, 0.1) is 17.3 Å². The van der Waals surface area contributed by atoms with Crippen LogP contribution in [0.1, 0.15) is 23.2 Å². The number of hydrogen-bond donors (Lipinski definition) is 0. The summed E-state index contributed by atoms with van der Waals surface area (Å²) in [7, 11) is 1.85. The molecule has 3 aromatic rings. The van der Waals surface area contributed by atoms with Crippen molar-refractivity contribution in [3.8, 4) is 11.4 Å². The number of likely N-dealkylation sites (tertiary alicyclic amines) is 1. The number of Topliss-reactive ketones (excluding diaryl/α,β-unsaturated/α-hetero) is 1. The third kappa shape index (κ3) is 4.46. The third-order valence-corrected chi connectivity index (χ3v) is 6.46. The Bertz CT molecular complexity index is 1180. The summed E-state index contributed by atoms with van der Waals surface area (Å²) in [5, 5.41) is 5.25. The van der Waals surface area contributed by atoms with Gasteiger partial charge < -0.3 is 4.57 Å². The van der Waals surface area contributed by atoms with Crippen molar-refractivity contribution in [3.05, 3.63) is 69.5 Å². The molecule has 0 aliphatic carbocycles. The van der Waals surface area contributed by atoms with E-state index in [0.29, 0.717) is 48.2 Å². The zero-order chi connectivity index (χ0) is 22.1. The fourth-order valence-electron chi connectivity index (χ4n) is 3.89. The fraction of sp³-hybridized carbons (Fsp3) is 0.318. The van der Waals surface area contributed by atoms with Crippen LogP contribution in [0, 0.1) is 22.3 Å². The maximum absolute atomic E-state index is 14.0. The van der Waals surface area contributed by atoms with Crippen LogP contribution < -0.4 is 0 Å². The molecule has 0 spiro atoms. The van der Waals surface area contributed by atoms with Crippen molar-refractivity contribution in [2.75, 3.05) is 13.1 Å². The molecule has 0 amide bonds. The van der Waals surface area contributed by atoms with Gasteiger partial charge in [-0.1, -0.05) is 23.7 Å². The van der Waals surface area contributed by atoms with Crippen molar-refractivity contribution in [2.24, 2.45) is 13.0 Å². The Kier molecular flexibility index (Phi) is 6.31. The Morgan fingerprint density at radius 2 is 1.90 bits per heavy atom. The van der Waals surface area contributed by atoms with Crippen LogP contribution in [0.4, 0.5) is 8.78 Å². The highest BCUT2D eigenvalue weighted by Crippen LogP contribution is 2.27. The number of aromatic nitrogens is 3. The minimum atomic E-state index is -0.680. The van der Waals surface area contributed by atoms with E-state index in [2.05, 4.69) is 10.00 Å². The Morgan fingerprint density at radius 1 is 1.19 bits per heavy atom. The fourth-order valence-corrected chi connectivity index (χ4v) is 4.29. The summed E-state index contributed by atoms with van der Waals surface area (Å²) in [5.41, 5.74) is 0.632. The highest BCUT2D eigenvalue weighted by Gasteiger charge is 2.28. The van der Waals surface area contributed by atoms with Gasteiger partial charge in [-0.05, 0) is 55.4 Å². The van der Waals surface area contributed by atoms with Crippen LogP contribution in [-0.2, 0) is 13.7 Å². The molecule has 1 fully saturated rings. The van der Waals surface area contributed by atoms with E-state index >= 15 is 0 Å². The second kappa shape index (κ2) is 8.98. The molecule has 1 aliphatic heterocycles. The normalized spacial score (nSPS) is 15.4. The van der Waals surface area contributed by atoms with Crippen LogP contribution in [0.3, 0.4) is 0 Å². The molecule has 1 saturated heterocycles. The molecule has 4 rings (SSSR count). The van der Waals surface area contributed by atoms with Gasteiger partial charge in [-0.25, -0.2) is 13.5 Å². The van der Waals surface area contributed by atoms with Crippen molar-refractivity contribution in [3.63, 3.8) is 0 Å². The van der Waals surface area contributed by atoms with Gasteiger partial charge in [-0.3, -0.25) is 9.69 Å². The molecule has 0 unspecified atom stereocenters. The maximum Gasteiger partial charge on any atom is 0.199 e. The molecule has 2 heterocycles. The number of piperidine rings is 1. The Morgan fingerprint density at radius 3 is 2.61 bits per heavy atom. The zero-order valence-corrected chi connectivity index (χ0v) is 18.5. The van der Waals surface area contributed by atoms with Crippen LogP contribution in [0.2, 0.25) is 5.02 Å². The van der Waals surface area contributed by atoms with Crippen LogP contribution in [-0.4, -0.2) is 38.1 Å². The minimum Gasteiger partial charge on any atom is -0.303 e. The van der Waals surface area contributed by atoms with E-state index in [4.69, 9.17) is 23.8 Å². The molecular weight excluding hydrogens is 442 g/mol. The summed E-state index contributed by atoms with van der Waals surface area (Å²) in [6.45, 7) is 1.74. The van der Waals surface area contributed by atoms with Crippen LogP contribution in [0.15, 0.2) is 42.5 Å². The van der Waals surface area contributed by atoms with Gasteiger partial charge in [0.25, 0.3) is 0 Å². The van der Waals surface area contributed by atoms with Gasteiger partial charge in [-0.15, -0.1) is 0 Å². The molecule has 0 bridgehead atoms. The lowest BCUT2D eigenvalue weighted by Crippen LogP contribution is -2.38. The minimum absolute atomic E-state index is 0.172. The number of carbonyl (C=O) groups excluding carboxylic acids is 1. The van der Waals surface area contributed by atoms with Crippen LogP contribution in [0.25, 0.3) is 11.4 Å². The molecule has 2 aromatic carbocycles. The largest absolute Gasteiger partial charge is 0.303 e. The summed E-state index contributed by atoms with van der Waals surface area (Å²) in [5.74, 6) is -1.28. The molecule has 0 atom stereocenters. The molecule has 5 nitrogen and oxygen atoms in total. The average Bonchev–Trinajstić information content (AvgIpc) is 3.04. The molecule has 0 N–H and O–H groups in total. The van der Waals surface area contributed by atoms with Crippen molar-refractivity contribution in [1.29, 1.82) is 0 Å². The molecule has 1 aromatic heterocycles. The van der Waals surface area contributed by atoms with Gasteiger partial charge in [-0.2, -0.15) is 5.10 Å². The number of carbonyl (C=O) groups is 1. The summed E-state index contributed by atoms with van der Waals surface area (Å²) >= 11 is 11.9. The smallest absolute Gasteiger partial charge is 0.199 e. The number of halogens is 3. The number of hydrogen-bond acceptors (Lipinski definition) is 4. The lowest BCUT2D eigenvalue weighted by atomic mass is 9.89. The van der Waals surface area contributed by atoms with Crippen LogP contribution >= 0.6 is 23.8 Å². The highest BCUT2D eigenvalue weighted by molar-refractivity contribution is 7.71. The predicted molar refractivity (Wildman–Crippen MR) is 117 cm³/mol. The highest BCUT2D eigenvalue weighted by atomic mass is 35.5. The van der Waals surface area contributed by atoms with E-state index in [1.807, 2.05) is 35.9 Å². The predicted octanol–water partition coefficient (Wildman–Crippen LogP) is 5.10. The Balaban J connectivity index is 1.44. The second-order valence-electron chi connectivity index (χ2n) is 7.67. The first-order valence-corrected chi connectivity index (χ1v) is 10.7. The van der Waals surface area contributed by atoms with Gasteiger partial charge >= 0.3 is 0 Å². The third-order valence-electron chi connectivity index (χ3n) is 5.64.